The highest BCUT2D eigenvalue weighted by Gasteiger charge is 2.19. The van der Waals surface area contributed by atoms with Crippen LogP contribution in [0.2, 0.25) is 0 Å². The van der Waals surface area contributed by atoms with Gasteiger partial charge in [-0.15, -0.1) is 0 Å². The first-order valence-corrected chi connectivity index (χ1v) is 4.85. The summed E-state index contributed by atoms with van der Waals surface area (Å²) in [6.07, 6.45) is 0. The summed E-state index contributed by atoms with van der Waals surface area (Å²) in [7, 11) is 0. The van der Waals surface area contributed by atoms with Crippen LogP contribution in [0.1, 0.15) is 32.0 Å². The minimum atomic E-state index is 0.0703. The van der Waals surface area contributed by atoms with E-state index >= 15 is 0 Å². The minimum absolute atomic E-state index is 0.0703. The van der Waals surface area contributed by atoms with Crippen LogP contribution >= 0.6 is 15.9 Å². The van der Waals surface area contributed by atoms with E-state index in [1.54, 1.807) is 0 Å². The molecule has 1 aromatic rings. The Kier molecular flexibility index (Phi) is 2.34. The molecule has 1 heterocycles. The second kappa shape index (κ2) is 2.87. The summed E-state index contributed by atoms with van der Waals surface area (Å²) in [5.74, 6) is 0. The molecule has 0 aliphatic rings. The maximum absolute atomic E-state index is 4.41. The molecular weight excluding hydrogens is 216 g/mol. The van der Waals surface area contributed by atoms with E-state index in [-0.39, 0.29) is 5.54 Å². The predicted molar refractivity (Wildman–Crippen MR) is 54.4 cm³/mol. The van der Waals surface area contributed by atoms with Crippen molar-refractivity contribution in [2.24, 2.45) is 0 Å². The first-order valence-electron chi connectivity index (χ1n) is 4.06. The lowest BCUT2D eigenvalue weighted by Gasteiger charge is -2.21. The lowest BCUT2D eigenvalue weighted by atomic mass is 10.1. The standard InChI is InChI=1S/C9H15BrN2/c1-6-7(2)12(9(3,4)5)11-8(6)10/h1-5H3. The number of hydrogen-bond donors (Lipinski definition) is 0. The predicted octanol–water partition coefficient (Wildman–Crippen LogP) is 3.02. The van der Waals surface area contributed by atoms with Crippen molar-refractivity contribution in [3.8, 4) is 0 Å². The summed E-state index contributed by atoms with van der Waals surface area (Å²) >= 11 is 3.43. The van der Waals surface area contributed by atoms with Crippen LogP contribution in [0.3, 0.4) is 0 Å². The van der Waals surface area contributed by atoms with E-state index in [0.717, 1.165) is 4.60 Å². The van der Waals surface area contributed by atoms with Crippen LogP contribution in [0.4, 0.5) is 0 Å². The Morgan fingerprint density at radius 1 is 1.25 bits per heavy atom. The van der Waals surface area contributed by atoms with Gasteiger partial charge >= 0.3 is 0 Å². The average molecular weight is 231 g/mol. The highest BCUT2D eigenvalue weighted by Crippen LogP contribution is 2.23. The first kappa shape index (κ1) is 9.78. The molecule has 0 bridgehead atoms. The second-order valence-electron chi connectivity index (χ2n) is 4.08. The fourth-order valence-electron chi connectivity index (χ4n) is 1.20. The number of rotatable bonds is 0. The third-order valence-electron chi connectivity index (χ3n) is 1.99. The van der Waals surface area contributed by atoms with Gasteiger partial charge in [0.25, 0.3) is 0 Å². The number of hydrogen-bond acceptors (Lipinski definition) is 1. The first-order chi connectivity index (χ1) is 5.34. The van der Waals surface area contributed by atoms with Crippen molar-refractivity contribution in [1.29, 1.82) is 0 Å². The highest BCUT2D eigenvalue weighted by atomic mass is 79.9. The summed E-state index contributed by atoms with van der Waals surface area (Å²) in [4.78, 5) is 0. The quantitative estimate of drug-likeness (QED) is 0.671. The summed E-state index contributed by atoms with van der Waals surface area (Å²) < 4.78 is 3.00. The zero-order chi connectivity index (χ0) is 9.52. The van der Waals surface area contributed by atoms with E-state index in [0.29, 0.717) is 0 Å². The van der Waals surface area contributed by atoms with E-state index in [1.165, 1.54) is 11.3 Å². The van der Waals surface area contributed by atoms with Crippen LogP contribution in [0.15, 0.2) is 4.60 Å². The number of aromatic nitrogens is 2. The lowest BCUT2D eigenvalue weighted by molar-refractivity contribution is 0.346. The molecule has 0 radical (unpaired) electrons. The smallest absolute Gasteiger partial charge is 0.131 e. The average Bonchev–Trinajstić information content (AvgIpc) is 2.15. The Hall–Kier alpha value is -0.310. The van der Waals surface area contributed by atoms with E-state index in [2.05, 4.69) is 55.6 Å². The molecule has 0 atom stereocenters. The highest BCUT2D eigenvalue weighted by molar-refractivity contribution is 9.10. The van der Waals surface area contributed by atoms with E-state index < -0.39 is 0 Å². The zero-order valence-electron chi connectivity index (χ0n) is 8.27. The van der Waals surface area contributed by atoms with E-state index in [1.807, 2.05) is 4.68 Å². The molecule has 68 valence electrons. The van der Waals surface area contributed by atoms with Gasteiger partial charge in [0.2, 0.25) is 0 Å². The topological polar surface area (TPSA) is 17.8 Å². The van der Waals surface area contributed by atoms with Crippen molar-refractivity contribution in [2.75, 3.05) is 0 Å². The molecule has 0 aliphatic heterocycles. The van der Waals surface area contributed by atoms with Crippen molar-refractivity contribution >= 4 is 15.9 Å². The van der Waals surface area contributed by atoms with Crippen molar-refractivity contribution < 1.29 is 0 Å². The Bertz CT molecular complexity index is 294. The van der Waals surface area contributed by atoms with Crippen LogP contribution in [-0.4, -0.2) is 9.78 Å². The molecule has 0 unspecified atom stereocenters. The van der Waals surface area contributed by atoms with Crippen LogP contribution in [0.25, 0.3) is 0 Å². The van der Waals surface area contributed by atoms with Gasteiger partial charge in [-0.1, -0.05) is 0 Å². The Balaban J connectivity index is 3.28. The Labute approximate surface area is 82.1 Å². The van der Waals surface area contributed by atoms with Crippen LogP contribution in [0.5, 0.6) is 0 Å². The minimum Gasteiger partial charge on any atom is -0.263 e. The van der Waals surface area contributed by atoms with Crippen molar-refractivity contribution in [1.82, 2.24) is 9.78 Å². The molecule has 0 spiro atoms. The van der Waals surface area contributed by atoms with Gasteiger partial charge in [0.15, 0.2) is 0 Å². The van der Waals surface area contributed by atoms with Crippen LogP contribution < -0.4 is 0 Å². The maximum Gasteiger partial charge on any atom is 0.131 e. The molecule has 0 saturated carbocycles. The van der Waals surface area contributed by atoms with Gasteiger partial charge in [0, 0.05) is 11.3 Å². The third-order valence-corrected chi connectivity index (χ3v) is 2.75. The zero-order valence-corrected chi connectivity index (χ0v) is 9.86. The summed E-state index contributed by atoms with van der Waals surface area (Å²) in [6.45, 7) is 10.6. The molecular formula is C9H15BrN2. The summed E-state index contributed by atoms with van der Waals surface area (Å²) in [6, 6.07) is 0. The summed E-state index contributed by atoms with van der Waals surface area (Å²) in [5.41, 5.74) is 2.53. The molecule has 0 fully saturated rings. The maximum atomic E-state index is 4.41. The van der Waals surface area contributed by atoms with E-state index in [9.17, 15) is 0 Å². The molecule has 0 N–H and O–H groups in total. The summed E-state index contributed by atoms with van der Waals surface area (Å²) in [5, 5.41) is 4.41. The molecule has 0 aliphatic carbocycles. The van der Waals surface area contributed by atoms with Crippen molar-refractivity contribution in [2.45, 2.75) is 40.2 Å². The van der Waals surface area contributed by atoms with Gasteiger partial charge < -0.3 is 0 Å². The third kappa shape index (κ3) is 1.56. The number of halogens is 1. The molecule has 0 aromatic carbocycles. The Morgan fingerprint density at radius 3 is 1.92 bits per heavy atom. The molecule has 0 saturated heterocycles. The monoisotopic (exact) mass is 230 g/mol. The van der Waals surface area contributed by atoms with Crippen LogP contribution in [-0.2, 0) is 5.54 Å². The van der Waals surface area contributed by atoms with Gasteiger partial charge in [0.05, 0.1) is 5.54 Å². The van der Waals surface area contributed by atoms with Gasteiger partial charge in [-0.05, 0) is 50.5 Å². The second-order valence-corrected chi connectivity index (χ2v) is 4.83. The fourth-order valence-corrected chi connectivity index (χ4v) is 1.64. The fraction of sp³-hybridized carbons (Fsp3) is 0.667. The van der Waals surface area contributed by atoms with Gasteiger partial charge in [-0.3, -0.25) is 4.68 Å². The largest absolute Gasteiger partial charge is 0.263 e. The molecule has 1 aromatic heterocycles. The van der Waals surface area contributed by atoms with Crippen molar-refractivity contribution in [3.63, 3.8) is 0 Å². The molecule has 1 rings (SSSR count). The van der Waals surface area contributed by atoms with Gasteiger partial charge in [-0.2, -0.15) is 5.10 Å². The van der Waals surface area contributed by atoms with Crippen molar-refractivity contribution in [3.05, 3.63) is 15.9 Å². The molecule has 2 nitrogen and oxygen atoms in total. The SMILES string of the molecule is Cc1c(Br)nn(C(C)(C)C)c1C. The normalized spacial score (nSPS) is 12.2. The van der Waals surface area contributed by atoms with Crippen LogP contribution in [0, 0.1) is 13.8 Å². The molecule has 3 heteroatoms. The van der Waals surface area contributed by atoms with Gasteiger partial charge in [-0.25, -0.2) is 0 Å². The van der Waals surface area contributed by atoms with E-state index in [4.69, 9.17) is 0 Å². The Morgan fingerprint density at radius 2 is 1.75 bits per heavy atom. The molecule has 0 amide bonds. The lowest BCUT2D eigenvalue weighted by Crippen LogP contribution is -2.24. The molecule has 12 heavy (non-hydrogen) atoms. The van der Waals surface area contributed by atoms with Gasteiger partial charge in [0.1, 0.15) is 4.60 Å². The number of nitrogens with zero attached hydrogens (tertiary/aromatic N) is 2.